The number of aryl methyl sites for hydroxylation is 2. The molecule has 1 saturated heterocycles. The van der Waals surface area contributed by atoms with Crippen LogP contribution in [0.5, 0.6) is 23.0 Å². The molecule has 0 amide bonds. The number of phenols is 3. The highest BCUT2D eigenvalue weighted by molar-refractivity contribution is 6.18. The Labute approximate surface area is 334 Å². The van der Waals surface area contributed by atoms with Gasteiger partial charge in [-0.05, 0) is 75.9 Å². The van der Waals surface area contributed by atoms with Crippen molar-refractivity contribution in [1.29, 1.82) is 0 Å². The third kappa shape index (κ3) is 5.88. The quantitative estimate of drug-likeness (QED) is 0.0913. The van der Waals surface area contributed by atoms with Gasteiger partial charge < -0.3 is 55.4 Å². The molecule has 2 unspecified atom stereocenters. The van der Waals surface area contributed by atoms with E-state index in [-0.39, 0.29) is 61.2 Å². The molecule has 4 aromatic carbocycles. The van der Waals surface area contributed by atoms with Gasteiger partial charge in [-0.3, -0.25) is 9.59 Å². The molecule has 17 nitrogen and oxygen atoms in total. The summed E-state index contributed by atoms with van der Waals surface area (Å²) in [6, 6.07) is 8.06. The molecule has 17 heteroatoms. The van der Waals surface area contributed by atoms with Gasteiger partial charge >= 0.3 is 11.9 Å². The monoisotopic (exact) mass is 816 g/mol. The second kappa shape index (κ2) is 14.1. The van der Waals surface area contributed by atoms with Gasteiger partial charge in [-0.2, -0.15) is 0 Å². The maximum absolute atomic E-state index is 14.5. The number of aromatic carboxylic acids is 2. The Morgan fingerprint density at radius 2 is 1.12 bits per heavy atom. The first-order valence-electron chi connectivity index (χ1n) is 18.2. The summed E-state index contributed by atoms with van der Waals surface area (Å²) in [6.45, 7) is 7.71. The van der Waals surface area contributed by atoms with Crippen molar-refractivity contribution < 1.29 is 84.4 Å². The lowest BCUT2D eigenvalue weighted by molar-refractivity contribution is -0.399. The fourth-order valence-electron chi connectivity index (χ4n) is 8.38. The molecular formula is C42H40O17. The van der Waals surface area contributed by atoms with Crippen molar-refractivity contribution in [3.05, 3.63) is 114 Å². The molecule has 0 radical (unpaired) electrons. The number of fused-ring (bicyclic) bond motifs is 4. The summed E-state index contributed by atoms with van der Waals surface area (Å²) in [4.78, 5) is 66.6. The molecule has 1 heterocycles. The Balaban J connectivity index is 1.46. The predicted octanol–water partition coefficient (Wildman–Crippen LogP) is 2.88. The van der Waals surface area contributed by atoms with Crippen molar-refractivity contribution in [2.24, 2.45) is 0 Å². The van der Waals surface area contributed by atoms with Gasteiger partial charge in [0.2, 0.25) is 6.29 Å². The number of rotatable bonds is 8. The highest BCUT2D eigenvalue weighted by Gasteiger charge is 2.52. The lowest BCUT2D eigenvalue weighted by Gasteiger charge is -2.43. The summed E-state index contributed by atoms with van der Waals surface area (Å²) in [5, 5.41) is 95.4. The van der Waals surface area contributed by atoms with Gasteiger partial charge in [-0.15, -0.1) is 0 Å². The zero-order valence-electron chi connectivity index (χ0n) is 32.3. The van der Waals surface area contributed by atoms with E-state index in [2.05, 4.69) is 0 Å². The van der Waals surface area contributed by atoms with Crippen LogP contribution in [0.4, 0.5) is 0 Å². The summed E-state index contributed by atoms with van der Waals surface area (Å²) >= 11 is 0. The Hall–Kier alpha value is -5.92. The number of aliphatic hydroxyl groups is 4. The number of ketones is 2. The van der Waals surface area contributed by atoms with Crippen LogP contribution >= 0.6 is 0 Å². The van der Waals surface area contributed by atoms with Crippen LogP contribution in [0, 0.1) is 27.7 Å². The van der Waals surface area contributed by atoms with Gasteiger partial charge in [-0.25, -0.2) is 19.4 Å². The van der Waals surface area contributed by atoms with Gasteiger partial charge in [0.05, 0.1) is 17.7 Å². The summed E-state index contributed by atoms with van der Waals surface area (Å²) in [7, 11) is 0. The smallest absolute Gasteiger partial charge is 0.339 e. The number of phenolic OH excluding ortho intramolecular Hbond substituents is 2. The zero-order valence-corrected chi connectivity index (χ0v) is 32.3. The standard InChI is InChI=1S/C42H40O17/c1-14-7-9-18-29(31(14)45)34(48)25-16(3)27(38(52)53)22(44)11-20(25)41(18,5)58-59-42(6)19-10-8-15(2)32(46)30(19)35(49)26-17(4)28(39(54)55)23(12-21(26)42)56-40-37(51)36(50)33(47)24(13-43)57-40/h7-12,24,33,36-37,40,43-47,50-51H,13H2,1-6H3,(H,52,53)(H,54,55)/t24-,33+,36+,37-,40+,41?,42?/m0/s1. The summed E-state index contributed by atoms with van der Waals surface area (Å²) < 4.78 is 11.4. The Morgan fingerprint density at radius 3 is 1.58 bits per heavy atom. The number of aliphatic hydroxyl groups excluding tert-OH is 4. The minimum Gasteiger partial charge on any atom is -0.507 e. The molecule has 9 N–H and O–H groups in total. The van der Waals surface area contributed by atoms with E-state index in [0.29, 0.717) is 5.56 Å². The summed E-state index contributed by atoms with van der Waals surface area (Å²) in [5.41, 5.74) is -6.08. The molecule has 0 bridgehead atoms. The SMILES string of the molecule is Cc1ccc2c(c1O)C(=O)c1c(cc(O)c(C(=O)O)c1C)C2(C)OOC1(C)c2cc(O[C@@H]3O[C@@H](CO)[C@@H](O)[C@@H](O)[C@@H]3O)c(C(=O)O)c(C)c2C(=O)c2c1ccc(C)c2O. The van der Waals surface area contributed by atoms with Crippen LogP contribution in [0.15, 0.2) is 36.4 Å². The lowest BCUT2D eigenvalue weighted by Crippen LogP contribution is -2.60. The van der Waals surface area contributed by atoms with E-state index < -0.39 is 106 Å². The van der Waals surface area contributed by atoms with Gasteiger partial charge in [0, 0.05) is 33.4 Å². The number of hydrogen-bond donors (Lipinski definition) is 9. The van der Waals surface area contributed by atoms with Crippen molar-refractivity contribution in [2.45, 2.75) is 83.5 Å². The van der Waals surface area contributed by atoms with Gasteiger partial charge in [0.25, 0.3) is 0 Å². The molecule has 59 heavy (non-hydrogen) atoms. The number of benzene rings is 4. The third-order valence-corrected chi connectivity index (χ3v) is 11.7. The van der Waals surface area contributed by atoms with Crippen LogP contribution < -0.4 is 4.74 Å². The number of carboxylic acid groups (broad SMARTS) is 2. The van der Waals surface area contributed by atoms with E-state index in [9.17, 15) is 65.1 Å². The number of aromatic hydroxyl groups is 3. The van der Waals surface area contributed by atoms with Crippen molar-refractivity contribution in [1.82, 2.24) is 0 Å². The molecular weight excluding hydrogens is 776 g/mol. The lowest BCUT2D eigenvalue weighted by atomic mass is 9.71. The van der Waals surface area contributed by atoms with E-state index in [0.717, 1.165) is 12.1 Å². The fraction of sp³-hybridized carbons (Fsp3) is 0.333. The highest BCUT2D eigenvalue weighted by Crippen LogP contribution is 2.53. The number of ether oxygens (including phenoxy) is 2. The van der Waals surface area contributed by atoms with Crippen molar-refractivity contribution in [3.8, 4) is 23.0 Å². The molecule has 0 aromatic heterocycles. The maximum atomic E-state index is 14.5. The number of hydrogen-bond acceptors (Lipinski definition) is 15. The number of carbonyl (C=O) groups excluding carboxylic acids is 2. The Kier molecular flexibility index (Phi) is 9.88. The topological polar surface area (TPSA) is 287 Å². The predicted molar refractivity (Wildman–Crippen MR) is 200 cm³/mol. The zero-order chi connectivity index (χ0) is 43.4. The molecule has 1 fully saturated rings. The maximum Gasteiger partial charge on any atom is 0.339 e. The average molecular weight is 817 g/mol. The molecule has 310 valence electrons. The molecule has 0 saturated carbocycles. The molecule has 7 rings (SSSR count). The van der Waals surface area contributed by atoms with E-state index >= 15 is 0 Å². The van der Waals surface area contributed by atoms with Gasteiger partial charge in [-0.1, -0.05) is 24.3 Å². The Morgan fingerprint density at radius 1 is 0.661 bits per heavy atom. The molecule has 3 aliphatic rings. The van der Waals surface area contributed by atoms with Gasteiger partial charge in [0.1, 0.15) is 58.5 Å². The highest BCUT2D eigenvalue weighted by atomic mass is 17.2. The summed E-state index contributed by atoms with van der Waals surface area (Å²) in [5.74, 6) is -6.85. The van der Waals surface area contributed by atoms with Crippen LogP contribution in [0.2, 0.25) is 0 Å². The third-order valence-electron chi connectivity index (χ3n) is 11.7. The van der Waals surface area contributed by atoms with Gasteiger partial charge in [0.15, 0.2) is 22.8 Å². The van der Waals surface area contributed by atoms with E-state index in [1.807, 2.05) is 0 Å². The van der Waals surface area contributed by atoms with E-state index in [4.69, 9.17) is 19.2 Å². The normalized spacial score (nSPS) is 25.8. The van der Waals surface area contributed by atoms with Crippen LogP contribution in [-0.4, -0.2) is 107 Å². The second-order valence-corrected chi connectivity index (χ2v) is 15.2. The Bertz CT molecular complexity index is 2520. The van der Waals surface area contributed by atoms with Crippen LogP contribution in [0.25, 0.3) is 0 Å². The molecule has 2 aliphatic carbocycles. The average Bonchev–Trinajstić information content (AvgIpc) is 3.17. The fourth-order valence-corrected chi connectivity index (χ4v) is 8.38. The number of carbonyl (C=O) groups is 4. The van der Waals surface area contributed by atoms with Crippen molar-refractivity contribution in [3.63, 3.8) is 0 Å². The minimum absolute atomic E-state index is 0.00213. The first-order chi connectivity index (χ1) is 27.6. The molecule has 7 atom stereocenters. The second-order valence-electron chi connectivity index (χ2n) is 15.2. The van der Waals surface area contributed by atoms with Crippen LogP contribution in [-0.2, 0) is 25.7 Å². The van der Waals surface area contributed by atoms with E-state index in [1.165, 1.54) is 58.9 Å². The summed E-state index contributed by atoms with van der Waals surface area (Å²) in [6.07, 6.45) is -8.92. The van der Waals surface area contributed by atoms with E-state index in [1.54, 1.807) is 6.92 Å². The number of carboxylic acids is 2. The first-order valence-corrected chi connectivity index (χ1v) is 18.2. The molecule has 4 aromatic rings. The molecule has 1 aliphatic heterocycles. The first kappa shape index (κ1) is 41.2. The minimum atomic E-state index is -2.03. The van der Waals surface area contributed by atoms with Crippen molar-refractivity contribution in [2.75, 3.05) is 6.61 Å². The molecule has 0 spiro atoms. The largest absolute Gasteiger partial charge is 0.507 e. The van der Waals surface area contributed by atoms with Crippen LogP contribution in [0.3, 0.4) is 0 Å². The van der Waals surface area contributed by atoms with Crippen LogP contribution in [0.1, 0.15) is 111 Å². The van der Waals surface area contributed by atoms with Crippen molar-refractivity contribution >= 4 is 23.5 Å².